The van der Waals surface area contributed by atoms with E-state index in [0.29, 0.717) is 6.54 Å². The van der Waals surface area contributed by atoms with Gasteiger partial charge in [-0.05, 0) is 48.9 Å². The van der Waals surface area contributed by atoms with Crippen LogP contribution in [0.2, 0.25) is 0 Å². The summed E-state index contributed by atoms with van der Waals surface area (Å²) in [5, 5.41) is 3.38. The van der Waals surface area contributed by atoms with E-state index in [2.05, 4.69) is 12.2 Å². The Morgan fingerprint density at radius 1 is 1.00 bits per heavy atom. The molecule has 1 aromatic rings. The highest BCUT2D eigenvalue weighted by Crippen LogP contribution is 2.30. The minimum absolute atomic E-state index is 0.580. The number of halogens is 3. The van der Waals surface area contributed by atoms with Crippen molar-refractivity contribution in [3.8, 4) is 0 Å². The SMILES string of the molecule is CCC1CCC(CNCc2ccc(C(F)(F)F)cc2)CC1. The molecule has 0 spiro atoms. The second-order valence-corrected chi connectivity index (χ2v) is 6.12. The van der Waals surface area contributed by atoms with Crippen molar-refractivity contribution < 1.29 is 13.2 Å². The van der Waals surface area contributed by atoms with Gasteiger partial charge in [0.15, 0.2) is 0 Å². The molecular formula is C17H24F3N. The zero-order valence-electron chi connectivity index (χ0n) is 12.5. The van der Waals surface area contributed by atoms with E-state index in [-0.39, 0.29) is 0 Å². The van der Waals surface area contributed by atoms with Crippen LogP contribution >= 0.6 is 0 Å². The molecule has 2 rings (SSSR count). The molecule has 0 unspecified atom stereocenters. The molecule has 0 aliphatic heterocycles. The largest absolute Gasteiger partial charge is 0.416 e. The number of rotatable bonds is 5. The van der Waals surface area contributed by atoms with Crippen LogP contribution in [-0.4, -0.2) is 6.54 Å². The Balaban J connectivity index is 1.72. The molecular weight excluding hydrogens is 275 g/mol. The highest BCUT2D eigenvalue weighted by Gasteiger charge is 2.29. The van der Waals surface area contributed by atoms with Gasteiger partial charge >= 0.3 is 6.18 Å². The van der Waals surface area contributed by atoms with Crippen molar-refractivity contribution in [2.45, 2.75) is 51.7 Å². The van der Waals surface area contributed by atoms with E-state index in [1.54, 1.807) is 12.1 Å². The van der Waals surface area contributed by atoms with Gasteiger partial charge in [-0.3, -0.25) is 0 Å². The summed E-state index contributed by atoms with van der Waals surface area (Å²) < 4.78 is 37.4. The average molecular weight is 299 g/mol. The number of hydrogen-bond acceptors (Lipinski definition) is 1. The third-order valence-corrected chi connectivity index (χ3v) is 4.59. The highest BCUT2D eigenvalue weighted by molar-refractivity contribution is 5.24. The van der Waals surface area contributed by atoms with E-state index in [9.17, 15) is 13.2 Å². The zero-order chi connectivity index (χ0) is 15.3. The lowest BCUT2D eigenvalue weighted by Crippen LogP contribution is -2.26. The molecule has 0 atom stereocenters. The average Bonchev–Trinajstić information content (AvgIpc) is 2.47. The fourth-order valence-corrected chi connectivity index (χ4v) is 3.08. The topological polar surface area (TPSA) is 12.0 Å². The van der Waals surface area contributed by atoms with Gasteiger partial charge in [0, 0.05) is 6.54 Å². The Morgan fingerprint density at radius 3 is 2.10 bits per heavy atom. The normalized spacial score (nSPS) is 23.2. The van der Waals surface area contributed by atoms with Crippen LogP contribution in [0.5, 0.6) is 0 Å². The quantitative estimate of drug-likeness (QED) is 0.805. The Morgan fingerprint density at radius 2 is 1.57 bits per heavy atom. The van der Waals surface area contributed by atoms with Gasteiger partial charge < -0.3 is 5.32 Å². The number of hydrogen-bond donors (Lipinski definition) is 1. The summed E-state index contributed by atoms with van der Waals surface area (Å²) in [6, 6.07) is 5.43. The summed E-state index contributed by atoms with van der Waals surface area (Å²) in [5.74, 6) is 1.62. The third kappa shape index (κ3) is 5.03. The van der Waals surface area contributed by atoms with Gasteiger partial charge in [0.05, 0.1) is 5.56 Å². The fourth-order valence-electron chi connectivity index (χ4n) is 3.08. The van der Waals surface area contributed by atoms with Crippen molar-refractivity contribution in [1.82, 2.24) is 5.32 Å². The van der Waals surface area contributed by atoms with E-state index >= 15 is 0 Å². The first kappa shape index (κ1) is 16.3. The lowest BCUT2D eigenvalue weighted by atomic mass is 9.81. The van der Waals surface area contributed by atoms with Crippen LogP contribution in [0.4, 0.5) is 13.2 Å². The second-order valence-electron chi connectivity index (χ2n) is 6.12. The molecule has 1 N–H and O–H groups in total. The first-order chi connectivity index (χ1) is 9.99. The second kappa shape index (κ2) is 7.30. The molecule has 1 fully saturated rings. The minimum Gasteiger partial charge on any atom is -0.312 e. The van der Waals surface area contributed by atoms with Crippen LogP contribution < -0.4 is 5.32 Å². The van der Waals surface area contributed by atoms with Crippen LogP contribution in [0.25, 0.3) is 0 Å². The summed E-state index contributed by atoms with van der Waals surface area (Å²) in [4.78, 5) is 0. The molecule has 4 heteroatoms. The van der Waals surface area contributed by atoms with Crippen molar-refractivity contribution >= 4 is 0 Å². The van der Waals surface area contributed by atoms with E-state index in [0.717, 1.165) is 36.1 Å². The predicted octanol–water partition coefficient (Wildman–Crippen LogP) is 5.01. The molecule has 1 nitrogen and oxygen atoms in total. The van der Waals surface area contributed by atoms with Gasteiger partial charge in [-0.15, -0.1) is 0 Å². The molecule has 118 valence electrons. The van der Waals surface area contributed by atoms with Crippen molar-refractivity contribution in [2.24, 2.45) is 11.8 Å². The number of alkyl halides is 3. The van der Waals surface area contributed by atoms with Crippen LogP contribution in [0.15, 0.2) is 24.3 Å². The van der Waals surface area contributed by atoms with E-state index < -0.39 is 11.7 Å². The van der Waals surface area contributed by atoms with E-state index in [1.807, 2.05) is 0 Å². The predicted molar refractivity (Wildman–Crippen MR) is 78.9 cm³/mol. The molecule has 0 amide bonds. The molecule has 1 saturated carbocycles. The molecule has 0 saturated heterocycles. The maximum atomic E-state index is 12.5. The monoisotopic (exact) mass is 299 g/mol. The molecule has 0 aromatic heterocycles. The van der Waals surface area contributed by atoms with Gasteiger partial charge in [-0.2, -0.15) is 13.2 Å². The standard InChI is InChI=1S/C17H24F3N/c1-2-13-3-5-14(6-4-13)11-21-12-15-7-9-16(10-8-15)17(18,19)20/h7-10,13-14,21H,2-6,11-12H2,1H3. The number of nitrogens with one attached hydrogen (secondary N) is 1. The number of benzene rings is 1. The Labute approximate surface area is 124 Å². The molecule has 1 aliphatic rings. The Bertz CT molecular complexity index is 417. The maximum Gasteiger partial charge on any atom is 0.416 e. The Kier molecular flexibility index (Phi) is 5.68. The van der Waals surface area contributed by atoms with Crippen LogP contribution in [0.1, 0.15) is 50.2 Å². The van der Waals surface area contributed by atoms with Crippen molar-refractivity contribution in [3.05, 3.63) is 35.4 Å². The van der Waals surface area contributed by atoms with E-state index in [4.69, 9.17) is 0 Å². The fraction of sp³-hybridized carbons (Fsp3) is 0.647. The first-order valence-electron chi connectivity index (χ1n) is 7.86. The molecule has 21 heavy (non-hydrogen) atoms. The van der Waals surface area contributed by atoms with Gasteiger partial charge in [-0.1, -0.05) is 38.3 Å². The summed E-state index contributed by atoms with van der Waals surface area (Å²) in [7, 11) is 0. The molecule has 0 radical (unpaired) electrons. The lowest BCUT2D eigenvalue weighted by molar-refractivity contribution is -0.137. The summed E-state index contributed by atoms with van der Waals surface area (Å²) >= 11 is 0. The summed E-state index contributed by atoms with van der Waals surface area (Å²) in [6.45, 7) is 3.87. The molecule has 0 bridgehead atoms. The van der Waals surface area contributed by atoms with Gasteiger partial charge in [-0.25, -0.2) is 0 Å². The molecule has 1 aliphatic carbocycles. The highest BCUT2D eigenvalue weighted by atomic mass is 19.4. The lowest BCUT2D eigenvalue weighted by Gasteiger charge is -2.27. The maximum absolute atomic E-state index is 12.5. The Hall–Kier alpha value is -1.03. The van der Waals surface area contributed by atoms with Crippen LogP contribution in [-0.2, 0) is 12.7 Å². The smallest absolute Gasteiger partial charge is 0.312 e. The van der Waals surface area contributed by atoms with Crippen LogP contribution in [0.3, 0.4) is 0 Å². The van der Waals surface area contributed by atoms with Crippen molar-refractivity contribution in [2.75, 3.05) is 6.54 Å². The van der Waals surface area contributed by atoms with Crippen molar-refractivity contribution in [1.29, 1.82) is 0 Å². The zero-order valence-corrected chi connectivity index (χ0v) is 12.5. The van der Waals surface area contributed by atoms with Crippen LogP contribution in [0, 0.1) is 11.8 Å². The molecule has 0 heterocycles. The minimum atomic E-state index is -4.25. The van der Waals surface area contributed by atoms with E-state index in [1.165, 1.54) is 32.1 Å². The molecule has 1 aromatic carbocycles. The van der Waals surface area contributed by atoms with Gasteiger partial charge in [0.25, 0.3) is 0 Å². The first-order valence-corrected chi connectivity index (χ1v) is 7.86. The summed E-state index contributed by atoms with van der Waals surface area (Å²) in [6.07, 6.45) is 2.23. The third-order valence-electron chi connectivity index (χ3n) is 4.59. The summed E-state index contributed by atoms with van der Waals surface area (Å²) in [5.41, 5.74) is 0.328. The van der Waals surface area contributed by atoms with Crippen molar-refractivity contribution in [3.63, 3.8) is 0 Å². The van der Waals surface area contributed by atoms with Gasteiger partial charge in [0.1, 0.15) is 0 Å². The van der Waals surface area contributed by atoms with Gasteiger partial charge in [0.2, 0.25) is 0 Å².